The summed E-state index contributed by atoms with van der Waals surface area (Å²) in [5.74, 6) is 0.672. The summed E-state index contributed by atoms with van der Waals surface area (Å²) in [7, 11) is 1.57. The number of unbranched alkanes of at least 4 members (excludes halogenated alkanes) is 1. The molecular weight excluding hydrogens is 496 g/mol. The SMILES string of the molecule is COc1ccc(C[C@@H]2[C@H](OC(=O)NCCCCO)[C@@H](OC(=O)OC(C)(C)C)CN2C(=O)OC(C)(C)C)cc1. The highest BCUT2D eigenvalue weighted by atomic mass is 16.7. The Kier molecular flexibility index (Phi) is 11.1. The highest BCUT2D eigenvalue weighted by Gasteiger charge is 2.50. The van der Waals surface area contributed by atoms with Crippen LogP contribution in [-0.4, -0.2) is 84.6 Å². The number of benzene rings is 1. The van der Waals surface area contributed by atoms with E-state index < -0.39 is 47.8 Å². The zero-order valence-corrected chi connectivity index (χ0v) is 23.4. The molecule has 0 radical (unpaired) electrons. The molecule has 214 valence electrons. The van der Waals surface area contributed by atoms with Crippen LogP contribution < -0.4 is 10.1 Å². The fraction of sp³-hybridized carbons (Fsp3) is 0.667. The van der Waals surface area contributed by atoms with Crippen molar-refractivity contribution in [3.8, 4) is 5.75 Å². The van der Waals surface area contributed by atoms with Crippen molar-refractivity contribution >= 4 is 18.3 Å². The largest absolute Gasteiger partial charge is 0.509 e. The molecule has 1 aromatic rings. The van der Waals surface area contributed by atoms with Gasteiger partial charge in [-0.25, -0.2) is 14.4 Å². The molecule has 2 rings (SSSR count). The van der Waals surface area contributed by atoms with Crippen molar-refractivity contribution in [3.05, 3.63) is 29.8 Å². The first-order chi connectivity index (χ1) is 17.7. The van der Waals surface area contributed by atoms with Crippen molar-refractivity contribution in [2.75, 3.05) is 26.8 Å². The summed E-state index contributed by atoms with van der Waals surface area (Å²) < 4.78 is 27.5. The predicted octanol–water partition coefficient (Wildman–Crippen LogP) is 4.04. The van der Waals surface area contributed by atoms with E-state index in [0.29, 0.717) is 31.6 Å². The zero-order chi connectivity index (χ0) is 28.5. The number of hydrogen-bond acceptors (Lipinski definition) is 9. The van der Waals surface area contributed by atoms with Gasteiger partial charge in [0.1, 0.15) is 17.0 Å². The van der Waals surface area contributed by atoms with Crippen LogP contribution in [0.3, 0.4) is 0 Å². The van der Waals surface area contributed by atoms with Gasteiger partial charge in [-0.3, -0.25) is 4.90 Å². The van der Waals surface area contributed by atoms with Gasteiger partial charge in [-0.1, -0.05) is 12.1 Å². The first kappa shape index (κ1) is 31.0. The van der Waals surface area contributed by atoms with Gasteiger partial charge in [-0.2, -0.15) is 0 Å². The van der Waals surface area contributed by atoms with Crippen molar-refractivity contribution in [2.45, 2.75) is 90.3 Å². The summed E-state index contributed by atoms with van der Waals surface area (Å²) in [5, 5.41) is 11.6. The summed E-state index contributed by atoms with van der Waals surface area (Å²) in [6.45, 7) is 10.6. The molecule has 38 heavy (non-hydrogen) atoms. The maximum atomic E-state index is 13.2. The molecule has 0 unspecified atom stereocenters. The van der Waals surface area contributed by atoms with E-state index in [1.807, 2.05) is 12.1 Å². The van der Waals surface area contributed by atoms with Gasteiger partial charge in [0.05, 0.1) is 19.7 Å². The van der Waals surface area contributed by atoms with E-state index in [-0.39, 0.29) is 13.2 Å². The van der Waals surface area contributed by atoms with E-state index in [2.05, 4.69) is 5.32 Å². The second-order valence-corrected chi connectivity index (χ2v) is 11.1. The van der Waals surface area contributed by atoms with E-state index in [4.69, 9.17) is 28.8 Å². The van der Waals surface area contributed by atoms with E-state index in [0.717, 1.165) is 5.56 Å². The van der Waals surface area contributed by atoms with Crippen LogP contribution >= 0.6 is 0 Å². The van der Waals surface area contributed by atoms with Crippen molar-refractivity contribution in [3.63, 3.8) is 0 Å². The third-order valence-corrected chi connectivity index (χ3v) is 5.49. The Morgan fingerprint density at radius 2 is 1.61 bits per heavy atom. The first-order valence-corrected chi connectivity index (χ1v) is 12.8. The number of carbonyl (C=O) groups is 3. The molecule has 0 aromatic heterocycles. The van der Waals surface area contributed by atoms with Gasteiger partial charge in [0.25, 0.3) is 0 Å². The van der Waals surface area contributed by atoms with Gasteiger partial charge in [-0.05, 0) is 78.5 Å². The van der Waals surface area contributed by atoms with E-state index in [9.17, 15) is 14.4 Å². The molecule has 1 aromatic carbocycles. The molecular formula is C27H42N2O9. The maximum absolute atomic E-state index is 13.2. The van der Waals surface area contributed by atoms with Gasteiger partial charge < -0.3 is 34.1 Å². The number of aliphatic hydroxyl groups is 1. The van der Waals surface area contributed by atoms with Crippen LogP contribution in [0.25, 0.3) is 0 Å². The van der Waals surface area contributed by atoms with Crippen molar-refractivity contribution in [1.82, 2.24) is 10.2 Å². The molecule has 1 aliphatic heterocycles. The van der Waals surface area contributed by atoms with Crippen LogP contribution in [0.4, 0.5) is 14.4 Å². The van der Waals surface area contributed by atoms with Crippen LogP contribution in [0, 0.1) is 0 Å². The normalized spacial score (nSPS) is 19.5. The van der Waals surface area contributed by atoms with Gasteiger partial charge in [0, 0.05) is 13.2 Å². The van der Waals surface area contributed by atoms with E-state index >= 15 is 0 Å². The Hall–Kier alpha value is -3.21. The number of aliphatic hydroxyl groups excluding tert-OH is 1. The maximum Gasteiger partial charge on any atom is 0.509 e. The number of ether oxygens (including phenoxy) is 5. The Morgan fingerprint density at radius 3 is 2.16 bits per heavy atom. The minimum absolute atomic E-state index is 0.0138. The zero-order valence-electron chi connectivity index (χ0n) is 23.4. The third-order valence-electron chi connectivity index (χ3n) is 5.49. The van der Waals surface area contributed by atoms with Gasteiger partial charge in [0.2, 0.25) is 0 Å². The lowest BCUT2D eigenvalue weighted by molar-refractivity contribution is -0.0517. The minimum atomic E-state index is -1.00. The number of nitrogens with zero attached hydrogens (tertiary/aromatic N) is 1. The van der Waals surface area contributed by atoms with Crippen molar-refractivity contribution < 1.29 is 43.2 Å². The van der Waals surface area contributed by atoms with Gasteiger partial charge in [0.15, 0.2) is 12.2 Å². The van der Waals surface area contributed by atoms with E-state index in [1.54, 1.807) is 60.8 Å². The van der Waals surface area contributed by atoms with Crippen LogP contribution in [0.5, 0.6) is 5.75 Å². The first-order valence-electron chi connectivity index (χ1n) is 12.8. The molecule has 11 nitrogen and oxygen atoms in total. The molecule has 0 bridgehead atoms. The number of nitrogens with one attached hydrogen (secondary N) is 1. The molecule has 1 saturated heterocycles. The summed E-state index contributed by atoms with van der Waals surface area (Å²) >= 11 is 0. The van der Waals surface area contributed by atoms with Crippen LogP contribution in [0.15, 0.2) is 24.3 Å². The van der Waals surface area contributed by atoms with Crippen molar-refractivity contribution in [1.29, 1.82) is 0 Å². The number of carbonyl (C=O) groups excluding carboxylic acids is 3. The second-order valence-electron chi connectivity index (χ2n) is 11.1. The number of amides is 2. The predicted molar refractivity (Wildman–Crippen MR) is 139 cm³/mol. The van der Waals surface area contributed by atoms with Crippen LogP contribution in [-0.2, 0) is 25.4 Å². The summed E-state index contributed by atoms with van der Waals surface area (Å²) in [6, 6.07) is 6.58. The minimum Gasteiger partial charge on any atom is -0.497 e. The molecule has 3 atom stereocenters. The van der Waals surface area contributed by atoms with Crippen molar-refractivity contribution in [2.24, 2.45) is 0 Å². The molecule has 1 heterocycles. The highest BCUT2D eigenvalue weighted by Crippen LogP contribution is 2.30. The van der Waals surface area contributed by atoms with Crippen LogP contribution in [0.1, 0.15) is 59.9 Å². The molecule has 11 heteroatoms. The number of hydrogen-bond donors (Lipinski definition) is 2. The lowest BCUT2D eigenvalue weighted by atomic mass is 10.0. The Morgan fingerprint density at radius 1 is 0.974 bits per heavy atom. The second kappa shape index (κ2) is 13.5. The van der Waals surface area contributed by atoms with Gasteiger partial charge >= 0.3 is 18.3 Å². The average molecular weight is 539 g/mol. The summed E-state index contributed by atoms with van der Waals surface area (Å²) in [6.07, 6.45) is -2.90. The molecule has 2 N–H and O–H groups in total. The highest BCUT2D eigenvalue weighted by molar-refractivity contribution is 5.71. The fourth-order valence-corrected chi connectivity index (χ4v) is 3.87. The molecule has 0 aliphatic carbocycles. The molecule has 1 aliphatic rings. The molecule has 0 spiro atoms. The Bertz CT molecular complexity index is 922. The topological polar surface area (TPSA) is 133 Å². The number of alkyl carbamates (subject to hydrolysis) is 1. The lowest BCUT2D eigenvalue weighted by Crippen LogP contribution is -2.46. The summed E-state index contributed by atoms with van der Waals surface area (Å²) in [4.78, 5) is 39.9. The Balaban J connectivity index is 2.36. The van der Waals surface area contributed by atoms with E-state index in [1.165, 1.54) is 4.90 Å². The Labute approximate surface area is 224 Å². The standard InChI is InChI=1S/C27H42N2O9/c1-26(2,3)37-24(32)29-17-21(35-25(33)38-27(4,5)6)22(36-23(31)28-14-8-9-15-30)20(29)16-18-10-12-19(34-7)13-11-18/h10-13,20-22,30H,8-9,14-17H2,1-7H3,(H,28,31)/t20-,21+,22+/m1/s1. The summed E-state index contributed by atoms with van der Waals surface area (Å²) in [5.41, 5.74) is -0.727. The monoisotopic (exact) mass is 538 g/mol. The quantitative estimate of drug-likeness (QED) is 0.271. The number of likely N-dealkylation sites (tertiary alicyclic amines) is 1. The number of methoxy groups -OCH3 is 1. The molecule has 0 saturated carbocycles. The smallest absolute Gasteiger partial charge is 0.497 e. The molecule has 2 amide bonds. The molecule has 1 fully saturated rings. The van der Waals surface area contributed by atoms with Crippen LogP contribution in [0.2, 0.25) is 0 Å². The number of rotatable bonds is 9. The third kappa shape index (κ3) is 10.3. The fourth-order valence-electron chi connectivity index (χ4n) is 3.87. The lowest BCUT2D eigenvalue weighted by Gasteiger charge is -2.30. The average Bonchev–Trinajstić information content (AvgIpc) is 3.11. The van der Waals surface area contributed by atoms with Gasteiger partial charge in [-0.15, -0.1) is 0 Å².